The highest BCUT2D eigenvalue weighted by molar-refractivity contribution is 5.96. The number of ether oxygens (including phenoxy) is 1. The number of nitro groups is 1. The summed E-state index contributed by atoms with van der Waals surface area (Å²) in [6.07, 6.45) is 0. The highest BCUT2D eigenvalue weighted by Crippen LogP contribution is 2.25. The minimum atomic E-state index is -0.700. The molecule has 0 fully saturated rings. The van der Waals surface area contributed by atoms with Crippen molar-refractivity contribution in [3.63, 3.8) is 0 Å². The van der Waals surface area contributed by atoms with Crippen molar-refractivity contribution in [2.75, 3.05) is 7.11 Å². The molecule has 1 heterocycles. The Bertz CT molecular complexity index is 1040. The molecule has 0 unspecified atom stereocenters. The van der Waals surface area contributed by atoms with E-state index < -0.39 is 10.8 Å². The molecule has 0 saturated carbocycles. The molecule has 0 atom stereocenters. The number of benzene rings is 2. The first-order valence-corrected chi connectivity index (χ1v) is 7.19. The van der Waals surface area contributed by atoms with E-state index in [4.69, 9.17) is 14.9 Å². The maximum atomic E-state index is 11.7. The van der Waals surface area contributed by atoms with E-state index >= 15 is 0 Å². The lowest BCUT2D eigenvalue weighted by atomic mass is 10.1. The van der Waals surface area contributed by atoms with E-state index in [0.29, 0.717) is 22.4 Å². The molecular weight excluding hydrogens is 326 g/mol. The van der Waals surface area contributed by atoms with E-state index in [2.05, 4.69) is 4.99 Å². The van der Waals surface area contributed by atoms with Crippen molar-refractivity contribution >= 4 is 28.3 Å². The highest BCUT2D eigenvalue weighted by Gasteiger charge is 2.12. The second-order valence-electron chi connectivity index (χ2n) is 5.09. The summed E-state index contributed by atoms with van der Waals surface area (Å²) in [5, 5.41) is 11.3. The van der Waals surface area contributed by atoms with E-state index in [1.54, 1.807) is 24.3 Å². The molecule has 1 amide bonds. The standard InChI is InChI=1S/C17H13N3O5/c1-24-14-4-2-3-10-9-13(16(18)21)17(25-15(10)14)19-11-5-7-12(8-6-11)20(22)23/h2-9H,1H3,(H2,18,21). The largest absolute Gasteiger partial charge is 0.493 e. The van der Waals surface area contributed by atoms with Gasteiger partial charge in [0.2, 0.25) is 5.55 Å². The fraction of sp³-hybridized carbons (Fsp3) is 0.0588. The van der Waals surface area contributed by atoms with Gasteiger partial charge >= 0.3 is 0 Å². The zero-order chi connectivity index (χ0) is 18.0. The lowest BCUT2D eigenvalue weighted by Gasteiger charge is -2.06. The van der Waals surface area contributed by atoms with Crippen LogP contribution in [0.5, 0.6) is 5.75 Å². The van der Waals surface area contributed by atoms with Gasteiger partial charge in [-0.05, 0) is 24.3 Å². The van der Waals surface area contributed by atoms with E-state index in [1.165, 1.54) is 31.4 Å². The van der Waals surface area contributed by atoms with Gasteiger partial charge in [-0.1, -0.05) is 12.1 Å². The maximum Gasteiger partial charge on any atom is 0.269 e. The Kier molecular flexibility index (Phi) is 4.17. The summed E-state index contributed by atoms with van der Waals surface area (Å²) in [4.78, 5) is 26.2. The molecule has 0 aliphatic heterocycles. The summed E-state index contributed by atoms with van der Waals surface area (Å²) in [5.74, 6) is -0.220. The molecule has 0 aliphatic rings. The minimum Gasteiger partial charge on any atom is -0.493 e. The molecule has 2 aromatic carbocycles. The van der Waals surface area contributed by atoms with Gasteiger partial charge < -0.3 is 14.9 Å². The van der Waals surface area contributed by atoms with Crippen LogP contribution < -0.4 is 16.0 Å². The van der Waals surface area contributed by atoms with Crippen molar-refractivity contribution in [1.82, 2.24) is 0 Å². The third kappa shape index (κ3) is 3.18. The zero-order valence-electron chi connectivity index (χ0n) is 13.1. The van der Waals surface area contributed by atoms with Crippen LogP contribution in [0.3, 0.4) is 0 Å². The van der Waals surface area contributed by atoms with Crippen molar-refractivity contribution in [3.05, 3.63) is 69.8 Å². The van der Waals surface area contributed by atoms with Crippen LogP contribution >= 0.6 is 0 Å². The lowest BCUT2D eigenvalue weighted by Crippen LogP contribution is -2.21. The highest BCUT2D eigenvalue weighted by atomic mass is 16.6. The van der Waals surface area contributed by atoms with Gasteiger partial charge in [0, 0.05) is 17.5 Å². The van der Waals surface area contributed by atoms with Gasteiger partial charge in [0.1, 0.15) is 5.56 Å². The molecule has 0 bridgehead atoms. The van der Waals surface area contributed by atoms with Gasteiger partial charge in [-0.3, -0.25) is 14.9 Å². The molecule has 2 N–H and O–H groups in total. The first kappa shape index (κ1) is 16.2. The Morgan fingerprint density at radius 1 is 1.24 bits per heavy atom. The molecule has 25 heavy (non-hydrogen) atoms. The summed E-state index contributed by atoms with van der Waals surface area (Å²) < 4.78 is 11.0. The topological polar surface area (TPSA) is 121 Å². The summed E-state index contributed by atoms with van der Waals surface area (Å²) in [7, 11) is 1.50. The SMILES string of the molecule is COc1cccc2cc(C(N)=O)c(=Nc3ccc([N+](=O)[O-])cc3)oc12. The molecule has 8 nitrogen and oxygen atoms in total. The van der Waals surface area contributed by atoms with Crippen LogP contribution in [-0.4, -0.2) is 17.9 Å². The molecule has 8 heteroatoms. The number of nitrogens with two attached hydrogens (primary N) is 1. The van der Waals surface area contributed by atoms with Gasteiger partial charge in [-0.15, -0.1) is 0 Å². The van der Waals surface area contributed by atoms with E-state index in [9.17, 15) is 14.9 Å². The molecule has 126 valence electrons. The fourth-order valence-electron chi connectivity index (χ4n) is 2.31. The number of para-hydroxylation sites is 1. The Labute approximate surface area is 141 Å². The third-order valence-corrected chi connectivity index (χ3v) is 3.51. The van der Waals surface area contributed by atoms with Crippen molar-refractivity contribution in [1.29, 1.82) is 0 Å². The number of non-ortho nitro benzene ring substituents is 1. The summed E-state index contributed by atoms with van der Waals surface area (Å²) in [5.41, 5.74) is 6.24. The second-order valence-corrected chi connectivity index (χ2v) is 5.09. The van der Waals surface area contributed by atoms with Crippen molar-refractivity contribution in [3.8, 4) is 5.75 Å². The average molecular weight is 339 g/mol. The van der Waals surface area contributed by atoms with E-state index in [0.717, 1.165) is 0 Å². The van der Waals surface area contributed by atoms with Crippen LogP contribution in [0.15, 0.2) is 57.9 Å². The van der Waals surface area contributed by atoms with Crippen LogP contribution in [-0.2, 0) is 0 Å². The Hall–Kier alpha value is -3.68. The molecule has 1 aromatic heterocycles. The Morgan fingerprint density at radius 3 is 2.56 bits per heavy atom. The van der Waals surface area contributed by atoms with Gasteiger partial charge in [0.25, 0.3) is 11.6 Å². The van der Waals surface area contributed by atoms with E-state index in [-0.39, 0.29) is 16.8 Å². The molecule has 0 saturated heterocycles. The third-order valence-electron chi connectivity index (χ3n) is 3.51. The molecule has 0 aliphatic carbocycles. The van der Waals surface area contributed by atoms with Crippen LogP contribution in [0, 0.1) is 10.1 Å². The number of carbonyl (C=O) groups excluding carboxylic acids is 1. The molecule has 3 rings (SSSR count). The van der Waals surface area contributed by atoms with Crippen molar-refractivity contribution in [2.24, 2.45) is 10.7 Å². The number of nitro benzene ring substituents is 1. The van der Waals surface area contributed by atoms with Gasteiger partial charge in [-0.2, -0.15) is 0 Å². The smallest absolute Gasteiger partial charge is 0.269 e. The Balaban J connectivity index is 2.23. The quantitative estimate of drug-likeness (QED) is 0.578. The second kappa shape index (κ2) is 6.44. The number of nitrogens with zero attached hydrogens (tertiary/aromatic N) is 2. The first-order valence-electron chi connectivity index (χ1n) is 7.19. The van der Waals surface area contributed by atoms with Crippen LogP contribution in [0.1, 0.15) is 10.4 Å². The number of carbonyl (C=O) groups is 1. The predicted octanol–water partition coefficient (Wildman–Crippen LogP) is 2.68. The monoisotopic (exact) mass is 339 g/mol. The Morgan fingerprint density at radius 2 is 1.96 bits per heavy atom. The van der Waals surface area contributed by atoms with Gasteiger partial charge in [0.05, 0.1) is 17.7 Å². The fourth-order valence-corrected chi connectivity index (χ4v) is 2.31. The average Bonchev–Trinajstić information content (AvgIpc) is 2.61. The zero-order valence-corrected chi connectivity index (χ0v) is 13.1. The van der Waals surface area contributed by atoms with Crippen LogP contribution in [0.2, 0.25) is 0 Å². The number of hydrogen-bond donors (Lipinski definition) is 1. The van der Waals surface area contributed by atoms with Crippen LogP contribution in [0.25, 0.3) is 11.0 Å². The van der Waals surface area contributed by atoms with Gasteiger partial charge in [0.15, 0.2) is 11.3 Å². The number of amides is 1. The maximum absolute atomic E-state index is 11.7. The molecule has 0 radical (unpaired) electrons. The predicted molar refractivity (Wildman–Crippen MR) is 89.6 cm³/mol. The minimum absolute atomic E-state index is 0.00152. The first-order chi connectivity index (χ1) is 12.0. The van der Waals surface area contributed by atoms with Crippen LogP contribution in [0.4, 0.5) is 11.4 Å². The number of fused-ring (bicyclic) bond motifs is 1. The van der Waals surface area contributed by atoms with E-state index in [1.807, 2.05) is 0 Å². The summed E-state index contributed by atoms with van der Waals surface area (Å²) >= 11 is 0. The van der Waals surface area contributed by atoms with Crippen molar-refractivity contribution in [2.45, 2.75) is 0 Å². The summed E-state index contributed by atoms with van der Waals surface area (Å²) in [6, 6.07) is 12.3. The van der Waals surface area contributed by atoms with Gasteiger partial charge in [-0.25, -0.2) is 4.99 Å². The number of hydrogen-bond acceptors (Lipinski definition) is 6. The molecule has 3 aromatic rings. The molecule has 0 spiro atoms. The lowest BCUT2D eigenvalue weighted by molar-refractivity contribution is -0.384. The normalized spacial score (nSPS) is 11.5. The number of methoxy groups -OCH3 is 1. The summed E-state index contributed by atoms with van der Waals surface area (Å²) in [6.45, 7) is 0. The van der Waals surface area contributed by atoms with Crippen molar-refractivity contribution < 1.29 is 18.9 Å². The number of rotatable bonds is 4. The number of primary amides is 1. The molecular formula is C17H13N3O5.